The molecule has 0 atom stereocenters. The molecular formula is C10H6BrClN4O2. The molecule has 0 saturated carbocycles. The molecule has 0 radical (unpaired) electrons. The molecule has 1 heterocycles. The molecule has 0 bridgehead atoms. The summed E-state index contributed by atoms with van der Waals surface area (Å²) in [6.45, 7) is 0. The first kappa shape index (κ1) is 12.7. The molecule has 6 nitrogen and oxygen atoms in total. The summed E-state index contributed by atoms with van der Waals surface area (Å²) in [7, 11) is 0. The maximum atomic E-state index is 10.9. The molecule has 0 fully saturated rings. The second kappa shape index (κ2) is 5.28. The van der Waals surface area contributed by atoms with Gasteiger partial charge in [-0.2, -0.15) is 4.98 Å². The van der Waals surface area contributed by atoms with Crippen molar-refractivity contribution in [2.24, 2.45) is 0 Å². The summed E-state index contributed by atoms with van der Waals surface area (Å²) >= 11 is 8.90. The summed E-state index contributed by atoms with van der Waals surface area (Å²) in [5, 5.41) is 13.8. The second-order valence-corrected chi connectivity index (χ2v) is 4.43. The Morgan fingerprint density at radius 1 is 1.39 bits per heavy atom. The molecule has 0 amide bonds. The van der Waals surface area contributed by atoms with Crippen molar-refractivity contribution in [3.63, 3.8) is 0 Å². The Morgan fingerprint density at radius 3 is 2.83 bits per heavy atom. The molecule has 18 heavy (non-hydrogen) atoms. The zero-order valence-electron chi connectivity index (χ0n) is 8.80. The Kier molecular flexibility index (Phi) is 3.73. The van der Waals surface area contributed by atoms with E-state index in [1.54, 1.807) is 18.2 Å². The first-order chi connectivity index (χ1) is 8.58. The van der Waals surface area contributed by atoms with E-state index in [2.05, 4.69) is 31.2 Å². The van der Waals surface area contributed by atoms with E-state index in [4.69, 9.17) is 11.6 Å². The van der Waals surface area contributed by atoms with Crippen molar-refractivity contribution >= 4 is 44.7 Å². The number of nitrogens with one attached hydrogen (secondary N) is 1. The van der Waals surface area contributed by atoms with Gasteiger partial charge in [0.25, 0.3) is 5.69 Å². The van der Waals surface area contributed by atoms with Gasteiger partial charge in [-0.05, 0) is 33.6 Å². The number of benzene rings is 1. The third-order valence-corrected chi connectivity index (χ3v) is 2.83. The van der Waals surface area contributed by atoms with Crippen LogP contribution >= 0.6 is 27.5 Å². The quantitative estimate of drug-likeness (QED) is 0.529. The lowest BCUT2D eigenvalue weighted by molar-refractivity contribution is -0.383. The highest BCUT2D eigenvalue weighted by Gasteiger charge is 2.14. The maximum Gasteiger partial charge on any atom is 0.292 e. The minimum atomic E-state index is -0.473. The average Bonchev–Trinajstić information content (AvgIpc) is 2.34. The predicted octanol–water partition coefficient (Wildman–Crippen LogP) is 3.54. The van der Waals surface area contributed by atoms with E-state index in [1.165, 1.54) is 12.3 Å². The largest absolute Gasteiger partial charge is 0.334 e. The fourth-order valence-electron chi connectivity index (χ4n) is 1.30. The number of nitro benzene ring substituents is 1. The third kappa shape index (κ3) is 2.74. The molecule has 1 aromatic carbocycles. The van der Waals surface area contributed by atoms with E-state index in [0.717, 1.165) is 0 Å². The molecule has 0 saturated heterocycles. The smallest absolute Gasteiger partial charge is 0.292 e. The molecule has 92 valence electrons. The number of rotatable bonds is 3. The fourth-order valence-corrected chi connectivity index (χ4v) is 1.72. The van der Waals surface area contributed by atoms with Crippen LogP contribution in [0.2, 0.25) is 5.28 Å². The number of hydrogen-bond donors (Lipinski definition) is 1. The molecular weight excluding hydrogens is 323 g/mol. The van der Waals surface area contributed by atoms with Crippen molar-refractivity contribution in [1.29, 1.82) is 0 Å². The van der Waals surface area contributed by atoms with Gasteiger partial charge in [0.1, 0.15) is 11.5 Å². The monoisotopic (exact) mass is 328 g/mol. The number of para-hydroxylation sites is 2. The van der Waals surface area contributed by atoms with Crippen LogP contribution in [0.3, 0.4) is 0 Å². The third-order valence-electron chi connectivity index (χ3n) is 2.07. The zero-order chi connectivity index (χ0) is 13.1. The average molecular weight is 330 g/mol. The van der Waals surface area contributed by atoms with Gasteiger partial charge in [0.15, 0.2) is 0 Å². The van der Waals surface area contributed by atoms with E-state index in [0.29, 0.717) is 16.0 Å². The van der Waals surface area contributed by atoms with Gasteiger partial charge in [0.2, 0.25) is 5.28 Å². The van der Waals surface area contributed by atoms with Gasteiger partial charge < -0.3 is 5.32 Å². The molecule has 1 N–H and O–H groups in total. The van der Waals surface area contributed by atoms with Gasteiger partial charge in [0, 0.05) is 12.3 Å². The standard InChI is InChI=1S/C10H6BrClN4O2/c11-6-5-13-10(12)15-9(6)14-7-3-1-2-4-8(7)16(17)18/h1-5H,(H,13,14,15). The van der Waals surface area contributed by atoms with Crippen LogP contribution in [0.25, 0.3) is 0 Å². The lowest BCUT2D eigenvalue weighted by Gasteiger charge is -2.07. The van der Waals surface area contributed by atoms with Crippen molar-refractivity contribution < 1.29 is 4.92 Å². The first-order valence-electron chi connectivity index (χ1n) is 4.76. The number of nitro groups is 1. The van der Waals surface area contributed by atoms with Crippen molar-refractivity contribution in [3.05, 3.63) is 50.3 Å². The Bertz CT molecular complexity index is 608. The summed E-state index contributed by atoms with van der Waals surface area (Å²) in [5.41, 5.74) is 0.289. The van der Waals surface area contributed by atoms with Crippen molar-refractivity contribution in [3.8, 4) is 0 Å². The van der Waals surface area contributed by atoms with E-state index in [-0.39, 0.29) is 11.0 Å². The Hall–Kier alpha value is -1.73. The van der Waals surface area contributed by atoms with Gasteiger partial charge in [-0.3, -0.25) is 10.1 Å². The molecule has 0 unspecified atom stereocenters. The van der Waals surface area contributed by atoms with Gasteiger partial charge in [-0.1, -0.05) is 12.1 Å². The number of nitrogens with zero attached hydrogens (tertiary/aromatic N) is 3. The SMILES string of the molecule is O=[N+]([O-])c1ccccc1Nc1nc(Cl)ncc1Br. The molecule has 2 aromatic rings. The van der Waals surface area contributed by atoms with Crippen LogP contribution in [-0.2, 0) is 0 Å². The topological polar surface area (TPSA) is 81.0 Å². The highest BCUT2D eigenvalue weighted by Crippen LogP contribution is 2.29. The lowest BCUT2D eigenvalue weighted by atomic mass is 10.2. The number of halogens is 2. The number of anilines is 2. The van der Waals surface area contributed by atoms with Crippen LogP contribution in [0.15, 0.2) is 34.9 Å². The van der Waals surface area contributed by atoms with Gasteiger partial charge in [-0.15, -0.1) is 0 Å². The summed E-state index contributed by atoms with van der Waals surface area (Å²) in [6.07, 6.45) is 1.46. The highest BCUT2D eigenvalue weighted by molar-refractivity contribution is 9.10. The van der Waals surface area contributed by atoms with Crippen molar-refractivity contribution in [2.45, 2.75) is 0 Å². The van der Waals surface area contributed by atoms with Crippen LogP contribution < -0.4 is 5.32 Å². The van der Waals surface area contributed by atoms with Crippen LogP contribution in [0.1, 0.15) is 0 Å². The molecule has 1 aromatic heterocycles. The van der Waals surface area contributed by atoms with Crippen molar-refractivity contribution in [1.82, 2.24) is 9.97 Å². The van der Waals surface area contributed by atoms with Crippen LogP contribution in [-0.4, -0.2) is 14.9 Å². The Balaban J connectivity index is 2.40. The second-order valence-electron chi connectivity index (χ2n) is 3.23. The maximum absolute atomic E-state index is 10.9. The number of hydrogen-bond acceptors (Lipinski definition) is 5. The summed E-state index contributed by atoms with van der Waals surface area (Å²) < 4.78 is 0.560. The highest BCUT2D eigenvalue weighted by atomic mass is 79.9. The summed E-state index contributed by atoms with van der Waals surface area (Å²) in [4.78, 5) is 18.1. The zero-order valence-corrected chi connectivity index (χ0v) is 11.1. The fraction of sp³-hybridized carbons (Fsp3) is 0. The van der Waals surface area contributed by atoms with Gasteiger partial charge in [-0.25, -0.2) is 4.98 Å². The lowest BCUT2D eigenvalue weighted by Crippen LogP contribution is -2.00. The van der Waals surface area contributed by atoms with E-state index in [9.17, 15) is 10.1 Å². The minimum Gasteiger partial charge on any atom is -0.334 e. The molecule has 0 aliphatic carbocycles. The molecule has 0 aliphatic rings. The van der Waals surface area contributed by atoms with E-state index in [1.807, 2.05) is 0 Å². The normalized spacial score (nSPS) is 10.1. The Morgan fingerprint density at radius 2 is 2.11 bits per heavy atom. The molecule has 0 spiro atoms. The van der Waals surface area contributed by atoms with Crippen LogP contribution in [0.5, 0.6) is 0 Å². The van der Waals surface area contributed by atoms with E-state index < -0.39 is 4.92 Å². The molecule has 0 aliphatic heterocycles. The Labute approximate surface area is 115 Å². The van der Waals surface area contributed by atoms with Gasteiger partial charge in [0.05, 0.1) is 9.40 Å². The van der Waals surface area contributed by atoms with Crippen LogP contribution in [0.4, 0.5) is 17.2 Å². The first-order valence-corrected chi connectivity index (χ1v) is 5.93. The predicted molar refractivity (Wildman–Crippen MR) is 71.1 cm³/mol. The summed E-state index contributed by atoms with van der Waals surface area (Å²) in [6, 6.07) is 6.26. The molecule has 2 rings (SSSR count). The van der Waals surface area contributed by atoms with Crippen molar-refractivity contribution in [2.75, 3.05) is 5.32 Å². The molecule has 8 heteroatoms. The minimum absolute atomic E-state index is 0.0425. The van der Waals surface area contributed by atoms with Gasteiger partial charge >= 0.3 is 0 Å². The van der Waals surface area contributed by atoms with Crippen LogP contribution in [0, 0.1) is 10.1 Å². The summed E-state index contributed by atoms with van der Waals surface area (Å²) in [5.74, 6) is 0.365. The van der Waals surface area contributed by atoms with E-state index >= 15 is 0 Å². The number of aromatic nitrogens is 2.